The number of amides is 1. The molecule has 1 heterocycles. The quantitative estimate of drug-likeness (QED) is 0.715. The second-order valence-electron chi connectivity index (χ2n) is 5.03. The Labute approximate surface area is 110 Å². The molecular weight excluding hydrogens is 232 g/mol. The summed E-state index contributed by atoms with van der Waals surface area (Å²) in [6.07, 6.45) is 3.92. The summed E-state index contributed by atoms with van der Waals surface area (Å²) >= 11 is 0. The van der Waals surface area contributed by atoms with Gasteiger partial charge in [-0.2, -0.15) is 0 Å². The van der Waals surface area contributed by atoms with Crippen LogP contribution in [0.3, 0.4) is 0 Å². The first-order valence-corrected chi connectivity index (χ1v) is 6.78. The first-order chi connectivity index (χ1) is 8.63. The van der Waals surface area contributed by atoms with Gasteiger partial charge < -0.3 is 19.6 Å². The van der Waals surface area contributed by atoms with E-state index in [-0.39, 0.29) is 12.5 Å². The summed E-state index contributed by atoms with van der Waals surface area (Å²) in [6, 6.07) is 0. The van der Waals surface area contributed by atoms with E-state index in [0.717, 1.165) is 38.9 Å². The summed E-state index contributed by atoms with van der Waals surface area (Å²) < 4.78 is 5.52. The van der Waals surface area contributed by atoms with Gasteiger partial charge in [-0.15, -0.1) is 0 Å². The van der Waals surface area contributed by atoms with Crippen molar-refractivity contribution < 1.29 is 14.6 Å². The van der Waals surface area contributed by atoms with Crippen molar-refractivity contribution in [1.29, 1.82) is 0 Å². The van der Waals surface area contributed by atoms with Crippen LogP contribution in [0.1, 0.15) is 25.7 Å². The summed E-state index contributed by atoms with van der Waals surface area (Å²) in [5.74, 6) is 0.205. The summed E-state index contributed by atoms with van der Waals surface area (Å²) in [5, 5.41) is 8.69. The number of piperidine rings is 1. The molecule has 0 unspecified atom stereocenters. The van der Waals surface area contributed by atoms with E-state index < -0.39 is 0 Å². The van der Waals surface area contributed by atoms with Gasteiger partial charge in [0, 0.05) is 33.6 Å². The number of likely N-dealkylation sites (tertiary alicyclic amines) is 1. The van der Waals surface area contributed by atoms with Crippen molar-refractivity contribution in [2.24, 2.45) is 0 Å². The number of hydrogen-bond acceptors (Lipinski definition) is 4. The highest BCUT2D eigenvalue weighted by Gasteiger charge is 2.19. The largest absolute Gasteiger partial charge is 0.394 e. The van der Waals surface area contributed by atoms with Crippen LogP contribution in [0.2, 0.25) is 0 Å². The molecule has 0 bridgehead atoms. The summed E-state index contributed by atoms with van der Waals surface area (Å²) in [4.78, 5) is 15.5. The molecule has 0 atom stereocenters. The third-order valence-corrected chi connectivity index (χ3v) is 3.34. The molecule has 0 radical (unpaired) electrons. The van der Waals surface area contributed by atoms with Crippen LogP contribution >= 0.6 is 0 Å². The lowest BCUT2D eigenvalue weighted by molar-refractivity contribution is -0.128. The number of rotatable bonds is 7. The van der Waals surface area contributed by atoms with Crippen molar-refractivity contribution >= 4 is 5.91 Å². The average molecular weight is 258 g/mol. The van der Waals surface area contributed by atoms with Gasteiger partial charge in [-0.3, -0.25) is 4.79 Å². The highest BCUT2D eigenvalue weighted by Crippen LogP contribution is 2.14. The van der Waals surface area contributed by atoms with Crippen molar-refractivity contribution in [2.75, 3.05) is 46.9 Å². The zero-order valence-corrected chi connectivity index (χ0v) is 11.6. The minimum absolute atomic E-state index is 0.104. The second kappa shape index (κ2) is 8.45. The van der Waals surface area contributed by atoms with Crippen LogP contribution in [-0.4, -0.2) is 73.9 Å². The van der Waals surface area contributed by atoms with Crippen LogP contribution in [-0.2, 0) is 9.53 Å². The molecule has 0 aliphatic carbocycles. The number of carbonyl (C=O) groups excluding carboxylic acids is 1. The van der Waals surface area contributed by atoms with Gasteiger partial charge >= 0.3 is 0 Å². The van der Waals surface area contributed by atoms with E-state index in [4.69, 9.17) is 9.84 Å². The molecule has 5 heteroatoms. The summed E-state index contributed by atoms with van der Waals surface area (Å²) in [5.41, 5.74) is 0. The molecule has 0 saturated carbocycles. The smallest absolute Gasteiger partial charge is 0.222 e. The molecule has 1 rings (SSSR count). The Hall–Kier alpha value is -0.650. The van der Waals surface area contributed by atoms with Crippen LogP contribution in [0.15, 0.2) is 0 Å². The number of carbonyl (C=O) groups is 1. The highest BCUT2D eigenvalue weighted by atomic mass is 16.5. The van der Waals surface area contributed by atoms with Crippen LogP contribution in [0.25, 0.3) is 0 Å². The predicted octanol–water partition coefficient (Wildman–Crippen LogP) is 0.328. The Bertz CT molecular complexity index is 238. The maximum absolute atomic E-state index is 11.4. The van der Waals surface area contributed by atoms with E-state index in [1.165, 1.54) is 0 Å². The topological polar surface area (TPSA) is 53.0 Å². The molecule has 5 nitrogen and oxygen atoms in total. The van der Waals surface area contributed by atoms with Crippen molar-refractivity contribution in [2.45, 2.75) is 31.8 Å². The maximum Gasteiger partial charge on any atom is 0.222 e. The van der Waals surface area contributed by atoms with Gasteiger partial charge in [0.05, 0.1) is 19.3 Å². The number of ether oxygens (including phenoxy) is 1. The first kappa shape index (κ1) is 15.4. The Kier molecular flexibility index (Phi) is 7.23. The number of nitrogens with zero attached hydrogens (tertiary/aromatic N) is 2. The van der Waals surface area contributed by atoms with Crippen molar-refractivity contribution in [3.05, 3.63) is 0 Å². The normalized spacial score (nSPS) is 17.9. The standard InChI is InChI=1S/C13H26N2O3/c1-14(2)13(17)4-3-7-15-8-5-12(6-9-15)18-11-10-16/h12,16H,3-11H2,1-2H3. The Balaban J connectivity index is 2.07. The van der Waals surface area contributed by atoms with E-state index in [1.807, 2.05) is 0 Å². The van der Waals surface area contributed by atoms with Gasteiger partial charge in [-0.25, -0.2) is 0 Å². The third kappa shape index (κ3) is 5.80. The molecule has 0 spiro atoms. The minimum Gasteiger partial charge on any atom is -0.394 e. The summed E-state index contributed by atoms with van der Waals surface area (Å²) in [7, 11) is 3.60. The van der Waals surface area contributed by atoms with Gasteiger partial charge in [-0.05, 0) is 25.8 Å². The molecule has 0 aromatic heterocycles. The van der Waals surface area contributed by atoms with Crippen molar-refractivity contribution in [3.8, 4) is 0 Å². The van der Waals surface area contributed by atoms with Crippen LogP contribution in [0.5, 0.6) is 0 Å². The molecule has 1 aliphatic rings. The van der Waals surface area contributed by atoms with Gasteiger partial charge in [-0.1, -0.05) is 0 Å². The predicted molar refractivity (Wildman–Crippen MR) is 70.4 cm³/mol. The van der Waals surface area contributed by atoms with Gasteiger partial charge in [0.15, 0.2) is 0 Å². The maximum atomic E-state index is 11.4. The monoisotopic (exact) mass is 258 g/mol. The van der Waals surface area contributed by atoms with Gasteiger partial charge in [0.2, 0.25) is 5.91 Å². The lowest BCUT2D eigenvalue weighted by atomic mass is 10.1. The number of aliphatic hydroxyl groups is 1. The van der Waals surface area contributed by atoms with E-state index in [1.54, 1.807) is 19.0 Å². The van der Waals surface area contributed by atoms with Crippen LogP contribution in [0, 0.1) is 0 Å². The number of aliphatic hydroxyl groups excluding tert-OH is 1. The van der Waals surface area contributed by atoms with Crippen molar-refractivity contribution in [3.63, 3.8) is 0 Å². The lowest BCUT2D eigenvalue weighted by Crippen LogP contribution is -2.38. The fraction of sp³-hybridized carbons (Fsp3) is 0.923. The van der Waals surface area contributed by atoms with Gasteiger partial charge in [0.1, 0.15) is 0 Å². The number of hydrogen-bond donors (Lipinski definition) is 1. The Morgan fingerprint density at radius 3 is 2.61 bits per heavy atom. The SMILES string of the molecule is CN(C)C(=O)CCCN1CCC(OCCO)CC1. The zero-order valence-electron chi connectivity index (χ0n) is 11.6. The van der Waals surface area contributed by atoms with E-state index in [9.17, 15) is 4.79 Å². The fourth-order valence-corrected chi connectivity index (χ4v) is 2.20. The third-order valence-electron chi connectivity index (χ3n) is 3.34. The van der Waals surface area contributed by atoms with Crippen molar-refractivity contribution in [1.82, 2.24) is 9.80 Å². The second-order valence-corrected chi connectivity index (χ2v) is 5.03. The highest BCUT2D eigenvalue weighted by molar-refractivity contribution is 5.75. The Morgan fingerprint density at radius 1 is 1.39 bits per heavy atom. The first-order valence-electron chi connectivity index (χ1n) is 6.78. The molecule has 1 fully saturated rings. The molecular formula is C13H26N2O3. The molecule has 0 aromatic carbocycles. The molecule has 1 N–H and O–H groups in total. The van der Waals surface area contributed by atoms with Gasteiger partial charge in [0.25, 0.3) is 0 Å². The molecule has 1 aliphatic heterocycles. The molecule has 106 valence electrons. The molecule has 1 amide bonds. The fourth-order valence-electron chi connectivity index (χ4n) is 2.20. The lowest BCUT2D eigenvalue weighted by Gasteiger charge is -2.31. The zero-order chi connectivity index (χ0) is 13.4. The Morgan fingerprint density at radius 2 is 2.06 bits per heavy atom. The summed E-state index contributed by atoms with van der Waals surface area (Å²) in [6.45, 7) is 3.61. The van der Waals surface area contributed by atoms with Crippen LogP contribution < -0.4 is 0 Å². The van der Waals surface area contributed by atoms with Crippen LogP contribution in [0.4, 0.5) is 0 Å². The molecule has 1 saturated heterocycles. The van der Waals surface area contributed by atoms with E-state index in [2.05, 4.69) is 4.90 Å². The average Bonchev–Trinajstić information content (AvgIpc) is 2.37. The van der Waals surface area contributed by atoms with E-state index >= 15 is 0 Å². The van der Waals surface area contributed by atoms with E-state index in [0.29, 0.717) is 19.1 Å². The molecule has 0 aromatic rings. The minimum atomic E-state index is 0.104. The molecule has 18 heavy (non-hydrogen) atoms.